The molecule has 11 heavy (non-hydrogen) atoms. The predicted octanol–water partition coefficient (Wildman–Crippen LogP) is 0.800. The molecular weight excluding hydrogens is 142 g/mol. The van der Waals surface area contributed by atoms with Crippen molar-refractivity contribution in [3.8, 4) is 5.75 Å². The first-order valence-electron chi connectivity index (χ1n) is 3.20. The lowest BCUT2D eigenvalue weighted by molar-refractivity contribution is 0.0999. The fraction of sp³-hybridized carbons (Fsp3) is 0.125. The second-order valence-electron chi connectivity index (χ2n) is 2.36. The van der Waals surface area contributed by atoms with Crippen molar-refractivity contribution in [1.82, 2.24) is 0 Å². The van der Waals surface area contributed by atoms with E-state index in [4.69, 9.17) is 10.8 Å². The molecule has 1 rings (SSSR count). The zero-order chi connectivity index (χ0) is 8.43. The van der Waals surface area contributed by atoms with E-state index in [-0.39, 0.29) is 5.75 Å². The van der Waals surface area contributed by atoms with Crippen molar-refractivity contribution in [3.05, 3.63) is 29.3 Å². The highest BCUT2D eigenvalue weighted by atomic mass is 16.3. The zero-order valence-electron chi connectivity index (χ0n) is 6.16. The Hall–Kier alpha value is -1.51. The molecule has 1 aromatic rings. The van der Waals surface area contributed by atoms with Crippen LogP contribution in [0.4, 0.5) is 0 Å². The third-order valence-electron chi connectivity index (χ3n) is 1.48. The number of rotatable bonds is 1. The minimum atomic E-state index is -0.470. The average Bonchev–Trinajstić information content (AvgIpc) is 1.85. The van der Waals surface area contributed by atoms with Crippen molar-refractivity contribution in [2.75, 3.05) is 0 Å². The number of nitrogens with two attached hydrogens (primary N) is 1. The summed E-state index contributed by atoms with van der Waals surface area (Å²) in [6, 6.07) is 4.44. The lowest BCUT2D eigenvalue weighted by Gasteiger charge is -2.00. The summed E-state index contributed by atoms with van der Waals surface area (Å²) in [5.41, 5.74) is 6.18. The number of hydrogen-bond acceptors (Lipinski definition) is 2. The minimum Gasteiger partial charge on any atom is -0.508 e. The van der Waals surface area contributed by atoms with Crippen LogP contribution >= 0.6 is 0 Å². The smallest absolute Gasteiger partial charge is 0.248 e. The monoisotopic (exact) mass is 151 g/mol. The third-order valence-corrected chi connectivity index (χ3v) is 1.48. The topological polar surface area (TPSA) is 63.3 Å². The number of benzene rings is 1. The number of phenolic OH excluding ortho intramolecular Hbond substituents is 1. The second kappa shape index (κ2) is 2.62. The van der Waals surface area contributed by atoms with E-state index >= 15 is 0 Å². The van der Waals surface area contributed by atoms with Gasteiger partial charge in [-0.1, -0.05) is 0 Å². The molecule has 0 heterocycles. The first-order valence-corrected chi connectivity index (χ1v) is 3.20. The number of carbonyl (C=O) groups excluding carboxylic acids is 1. The molecular formula is C8H9NO2. The van der Waals surface area contributed by atoms with Crippen LogP contribution in [0.2, 0.25) is 0 Å². The molecule has 0 fully saturated rings. The summed E-state index contributed by atoms with van der Waals surface area (Å²) < 4.78 is 0. The largest absolute Gasteiger partial charge is 0.508 e. The fourth-order valence-electron chi connectivity index (χ4n) is 0.924. The molecule has 0 bridgehead atoms. The summed E-state index contributed by atoms with van der Waals surface area (Å²) in [4.78, 5) is 10.7. The molecule has 1 aromatic carbocycles. The Morgan fingerprint density at radius 2 is 2.18 bits per heavy atom. The van der Waals surface area contributed by atoms with Crippen LogP contribution in [-0.2, 0) is 0 Å². The summed E-state index contributed by atoms with van der Waals surface area (Å²) >= 11 is 0. The van der Waals surface area contributed by atoms with E-state index < -0.39 is 5.91 Å². The molecule has 58 valence electrons. The van der Waals surface area contributed by atoms with E-state index in [0.29, 0.717) is 11.1 Å². The number of primary amides is 1. The van der Waals surface area contributed by atoms with Gasteiger partial charge in [0.2, 0.25) is 5.91 Å². The molecule has 0 saturated heterocycles. The first kappa shape index (κ1) is 7.60. The molecule has 0 radical (unpaired) electrons. The van der Waals surface area contributed by atoms with Crippen molar-refractivity contribution < 1.29 is 9.90 Å². The average molecular weight is 151 g/mol. The first-order chi connectivity index (χ1) is 5.11. The summed E-state index contributed by atoms with van der Waals surface area (Å²) in [6.45, 7) is 1.72. The second-order valence-corrected chi connectivity index (χ2v) is 2.36. The van der Waals surface area contributed by atoms with E-state index in [0.717, 1.165) is 0 Å². The number of carbonyl (C=O) groups is 1. The zero-order valence-corrected chi connectivity index (χ0v) is 6.16. The number of hydrogen-bond donors (Lipinski definition) is 2. The van der Waals surface area contributed by atoms with E-state index in [2.05, 4.69) is 0 Å². The molecule has 3 heteroatoms. The van der Waals surface area contributed by atoms with Crippen LogP contribution in [-0.4, -0.2) is 11.0 Å². The molecule has 0 atom stereocenters. The lowest BCUT2D eigenvalue weighted by atomic mass is 10.1. The van der Waals surface area contributed by atoms with Crippen molar-refractivity contribution >= 4 is 5.91 Å². The van der Waals surface area contributed by atoms with Crippen LogP contribution in [0.15, 0.2) is 18.2 Å². The summed E-state index contributed by atoms with van der Waals surface area (Å²) in [7, 11) is 0. The van der Waals surface area contributed by atoms with E-state index in [1.54, 1.807) is 6.92 Å². The molecule has 0 aliphatic carbocycles. The van der Waals surface area contributed by atoms with Crippen LogP contribution in [0.5, 0.6) is 5.75 Å². The van der Waals surface area contributed by atoms with Gasteiger partial charge in [-0.25, -0.2) is 0 Å². The SMILES string of the molecule is Cc1cc(O)ccc1C(N)=O. The van der Waals surface area contributed by atoms with Crippen molar-refractivity contribution in [1.29, 1.82) is 0 Å². The molecule has 0 aliphatic heterocycles. The molecule has 0 aromatic heterocycles. The van der Waals surface area contributed by atoms with Gasteiger partial charge in [0, 0.05) is 5.56 Å². The maximum absolute atomic E-state index is 10.7. The van der Waals surface area contributed by atoms with Crippen LogP contribution in [0.3, 0.4) is 0 Å². The Morgan fingerprint density at radius 3 is 2.64 bits per heavy atom. The molecule has 3 N–H and O–H groups in total. The minimum absolute atomic E-state index is 0.146. The maximum atomic E-state index is 10.7. The van der Waals surface area contributed by atoms with E-state index in [1.165, 1.54) is 18.2 Å². The Labute approximate surface area is 64.5 Å². The molecule has 0 saturated carbocycles. The lowest BCUT2D eigenvalue weighted by Crippen LogP contribution is -2.12. The number of amides is 1. The quantitative estimate of drug-likeness (QED) is 0.623. The van der Waals surface area contributed by atoms with Gasteiger partial charge in [-0.15, -0.1) is 0 Å². The Kier molecular flexibility index (Phi) is 1.81. The van der Waals surface area contributed by atoms with E-state index in [1.807, 2.05) is 0 Å². The normalized spacial score (nSPS) is 9.55. The van der Waals surface area contributed by atoms with Gasteiger partial charge in [0.05, 0.1) is 0 Å². The van der Waals surface area contributed by atoms with Gasteiger partial charge >= 0.3 is 0 Å². The van der Waals surface area contributed by atoms with Crippen LogP contribution in [0.1, 0.15) is 15.9 Å². The number of phenols is 1. The van der Waals surface area contributed by atoms with Gasteiger partial charge in [-0.3, -0.25) is 4.79 Å². The molecule has 0 unspecified atom stereocenters. The maximum Gasteiger partial charge on any atom is 0.248 e. The number of aryl methyl sites for hydroxylation is 1. The summed E-state index contributed by atoms with van der Waals surface area (Å²) in [5.74, 6) is -0.324. The van der Waals surface area contributed by atoms with Gasteiger partial charge in [0.1, 0.15) is 5.75 Å². The highest BCUT2D eigenvalue weighted by molar-refractivity contribution is 5.94. The van der Waals surface area contributed by atoms with Gasteiger partial charge in [-0.2, -0.15) is 0 Å². The predicted molar refractivity (Wildman–Crippen MR) is 41.4 cm³/mol. The van der Waals surface area contributed by atoms with Gasteiger partial charge in [0.15, 0.2) is 0 Å². The molecule has 0 spiro atoms. The standard InChI is InChI=1S/C8H9NO2/c1-5-4-6(10)2-3-7(5)8(9)11/h2-4,10H,1H3,(H2,9,11). The molecule has 1 amide bonds. The molecule has 3 nitrogen and oxygen atoms in total. The van der Waals surface area contributed by atoms with Gasteiger partial charge in [-0.05, 0) is 30.7 Å². The van der Waals surface area contributed by atoms with Crippen molar-refractivity contribution in [3.63, 3.8) is 0 Å². The molecule has 0 aliphatic rings. The number of aromatic hydroxyl groups is 1. The summed E-state index contributed by atoms with van der Waals surface area (Å²) in [5, 5.41) is 8.97. The Bertz CT molecular complexity index is 294. The van der Waals surface area contributed by atoms with Crippen LogP contribution in [0, 0.1) is 6.92 Å². The Morgan fingerprint density at radius 1 is 1.55 bits per heavy atom. The fourth-order valence-corrected chi connectivity index (χ4v) is 0.924. The van der Waals surface area contributed by atoms with Crippen LogP contribution < -0.4 is 5.73 Å². The van der Waals surface area contributed by atoms with Gasteiger partial charge < -0.3 is 10.8 Å². The van der Waals surface area contributed by atoms with E-state index in [9.17, 15) is 4.79 Å². The Balaban J connectivity index is 3.20. The van der Waals surface area contributed by atoms with Gasteiger partial charge in [0.25, 0.3) is 0 Å². The third kappa shape index (κ3) is 1.49. The van der Waals surface area contributed by atoms with Crippen LogP contribution in [0.25, 0.3) is 0 Å². The van der Waals surface area contributed by atoms with Crippen molar-refractivity contribution in [2.45, 2.75) is 6.92 Å². The highest BCUT2D eigenvalue weighted by Gasteiger charge is 2.03. The van der Waals surface area contributed by atoms with Crippen molar-refractivity contribution in [2.24, 2.45) is 5.73 Å². The summed E-state index contributed by atoms with van der Waals surface area (Å²) in [6.07, 6.45) is 0. The highest BCUT2D eigenvalue weighted by Crippen LogP contribution is 2.14.